The fourth-order valence-corrected chi connectivity index (χ4v) is 2.85. The minimum absolute atomic E-state index is 0.193. The molecule has 0 unspecified atom stereocenters. The van der Waals surface area contributed by atoms with E-state index in [2.05, 4.69) is 36.4 Å². The molecule has 8 nitrogen and oxygen atoms in total. The quantitative estimate of drug-likeness (QED) is 0.463. The van der Waals surface area contributed by atoms with Gasteiger partial charge in [0.1, 0.15) is 12.1 Å². The molecule has 0 atom stereocenters. The normalized spacial score (nSPS) is 10.7. The summed E-state index contributed by atoms with van der Waals surface area (Å²) in [6.07, 6.45) is 3.25. The van der Waals surface area contributed by atoms with Crippen LogP contribution in [-0.2, 0) is 13.3 Å². The molecule has 0 saturated heterocycles. The van der Waals surface area contributed by atoms with Gasteiger partial charge in [-0.2, -0.15) is 5.10 Å². The molecule has 0 aliphatic rings. The maximum Gasteiger partial charge on any atom is 0.278 e. The van der Waals surface area contributed by atoms with Gasteiger partial charge in [-0.05, 0) is 35.9 Å². The third kappa shape index (κ3) is 5.08. The second-order valence-corrected chi connectivity index (χ2v) is 7.09. The lowest BCUT2D eigenvalue weighted by molar-refractivity contribution is 0.101. The molecular weight excluding hydrogens is 436 g/mol. The Kier molecular flexibility index (Phi) is 5.66. The number of hydrogen-bond acceptors (Lipinski definition) is 5. The van der Waals surface area contributed by atoms with Gasteiger partial charge in [0.05, 0.1) is 6.54 Å². The van der Waals surface area contributed by atoms with Crippen molar-refractivity contribution in [3.63, 3.8) is 0 Å². The molecule has 0 saturated carbocycles. The van der Waals surface area contributed by atoms with Crippen LogP contribution in [0.4, 0.5) is 5.95 Å². The zero-order valence-electron chi connectivity index (χ0n) is 15.3. The van der Waals surface area contributed by atoms with Crippen LogP contribution in [0.5, 0.6) is 5.75 Å². The van der Waals surface area contributed by atoms with Gasteiger partial charge in [-0.1, -0.05) is 46.3 Å². The van der Waals surface area contributed by atoms with Crippen LogP contribution >= 0.6 is 15.9 Å². The lowest BCUT2D eigenvalue weighted by Gasteiger charge is -2.06. The molecule has 2 aromatic heterocycles. The Bertz CT molecular complexity index is 1090. The SMILES string of the molecule is O=C(Nc1ncn(Cc2ccccc2)n1)c1ccn(COc2ccc(Br)cc2)n1. The van der Waals surface area contributed by atoms with Crippen molar-refractivity contribution >= 4 is 27.8 Å². The highest BCUT2D eigenvalue weighted by Crippen LogP contribution is 2.16. The van der Waals surface area contributed by atoms with Crippen molar-refractivity contribution < 1.29 is 9.53 Å². The van der Waals surface area contributed by atoms with E-state index in [1.807, 2.05) is 54.6 Å². The van der Waals surface area contributed by atoms with Crippen molar-refractivity contribution in [3.05, 3.63) is 88.9 Å². The Hall–Kier alpha value is -3.46. The average molecular weight is 453 g/mol. The number of benzene rings is 2. The summed E-state index contributed by atoms with van der Waals surface area (Å²) in [5, 5.41) is 11.1. The standard InChI is InChI=1S/C20H17BrN6O2/c21-16-6-8-17(9-7-16)29-14-26-11-10-18(24-26)19(28)23-20-22-13-27(25-20)12-15-4-2-1-3-5-15/h1-11,13H,12,14H2,(H,23,25,28). The molecule has 0 bridgehead atoms. The molecule has 2 heterocycles. The van der Waals surface area contributed by atoms with E-state index in [0.717, 1.165) is 10.0 Å². The summed E-state index contributed by atoms with van der Waals surface area (Å²) in [5.74, 6) is 0.555. The van der Waals surface area contributed by atoms with Crippen LogP contribution < -0.4 is 10.1 Å². The summed E-state index contributed by atoms with van der Waals surface area (Å²) in [7, 11) is 0. The summed E-state index contributed by atoms with van der Waals surface area (Å²) in [6, 6.07) is 19.0. The fraction of sp³-hybridized carbons (Fsp3) is 0.100. The van der Waals surface area contributed by atoms with Crippen molar-refractivity contribution in [1.29, 1.82) is 0 Å². The molecule has 0 aliphatic heterocycles. The van der Waals surface area contributed by atoms with E-state index < -0.39 is 0 Å². The van der Waals surface area contributed by atoms with Gasteiger partial charge in [0.2, 0.25) is 5.95 Å². The van der Waals surface area contributed by atoms with Crippen LogP contribution in [0, 0.1) is 0 Å². The Morgan fingerprint density at radius 2 is 1.79 bits per heavy atom. The molecule has 146 valence electrons. The minimum atomic E-state index is -0.384. The number of carbonyl (C=O) groups is 1. The summed E-state index contributed by atoms with van der Waals surface area (Å²) in [4.78, 5) is 16.5. The molecule has 4 aromatic rings. The number of rotatable bonds is 7. The number of ether oxygens (including phenoxy) is 1. The van der Waals surface area contributed by atoms with Crippen LogP contribution in [0.15, 0.2) is 77.7 Å². The van der Waals surface area contributed by atoms with Crippen LogP contribution in [0.2, 0.25) is 0 Å². The van der Waals surface area contributed by atoms with Crippen molar-refractivity contribution in [1.82, 2.24) is 24.5 Å². The molecule has 9 heteroatoms. The van der Waals surface area contributed by atoms with E-state index in [4.69, 9.17) is 4.74 Å². The predicted octanol–water partition coefficient (Wildman–Crippen LogP) is 3.57. The molecule has 0 aliphatic carbocycles. The Morgan fingerprint density at radius 3 is 2.59 bits per heavy atom. The smallest absolute Gasteiger partial charge is 0.278 e. The number of carbonyl (C=O) groups excluding carboxylic acids is 1. The second-order valence-electron chi connectivity index (χ2n) is 6.17. The molecule has 4 rings (SSSR count). The number of nitrogens with zero attached hydrogens (tertiary/aromatic N) is 5. The van der Waals surface area contributed by atoms with Gasteiger partial charge in [-0.15, -0.1) is 5.10 Å². The Morgan fingerprint density at radius 1 is 1.00 bits per heavy atom. The van der Waals surface area contributed by atoms with Crippen molar-refractivity contribution in [2.45, 2.75) is 13.3 Å². The van der Waals surface area contributed by atoms with E-state index in [9.17, 15) is 4.79 Å². The first-order chi connectivity index (χ1) is 14.2. The van der Waals surface area contributed by atoms with E-state index in [1.54, 1.807) is 28.0 Å². The van der Waals surface area contributed by atoms with Gasteiger partial charge in [0.25, 0.3) is 5.91 Å². The Labute approximate surface area is 175 Å². The predicted molar refractivity (Wildman–Crippen MR) is 111 cm³/mol. The van der Waals surface area contributed by atoms with E-state index >= 15 is 0 Å². The van der Waals surface area contributed by atoms with Crippen molar-refractivity contribution in [2.24, 2.45) is 0 Å². The summed E-state index contributed by atoms with van der Waals surface area (Å²) in [6.45, 7) is 0.768. The van der Waals surface area contributed by atoms with E-state index in [-0.39, 0.29) is 24.3 Å². The number of anilines is 1. The Balaban J connectivity index is 1.32. The summed E-state index contributed by atoms with van der Waals surface area (Å²) >= 11 is 3.38. The minimum Gasteiger partial charge on any atom is -0.471 e. The lowest BCUT2D eigenvalue weighted by Crippen LogP contribution is -2.15. The van der Waals surface area contributed by atoms with Gasteiger partial charge in [0.15, 0.2) is 12.4 Å². The van der Waals surface area contributed by atoms with Gasteiger partial charge < -0.3 is 4.74 Å². The molecule has 1 amide bonds. The van der Waals surface area contributed by atoms with E-state index in [0.29, 0.717) is 12.3 Å². The second kappa shape index (κ2) is 8.70. The summed E-state index contributed by atoms with van der Waals surface area (Å²) in [5.41, 5.74) is 1.35. The number of nitrogens with one attached hydrogen (secondary N) is 1. The van der Waals surface area contributed by atoms with Gasteiger partial charge >= 0.3 is 0 Å². The number of hydrogen-bond donors (Lipinski definition) is 1. The first-order valence-electron chi connectivity index (χ1n) is 8.82. The summed E-state index contributed by atoms with van der Waals surface area (Å²) < 4.78 is 9.82. The zero-order chi connectivity index (χ0) is 20.1. The fourth-order valence-electron chi connectivity index (χ4n) is 2.59. The van der Waals surface area contributed by atoms with Crippen molar-refractivity contribution in [2.75, 3.05) is 5.32 Å². The average Bonchev–Trinajstić information content (AvgIpc) is 3.38. The lowest BCUT2D eigenvalue weighted by atomic mass is 10.2. The number of amides is 1. The monoisotopic (exact) mass is 452 g/mol. The van der Waals surface area contributed by atoms with Crippen LogP contribution in [-0.4, -0.2) is 30.5 Å². The third-order valence-electron chi connectivity index (χ3n) is 4.00. The van der Waals surface area contributed by atoms with Crippen molar-refractivity contribution in [3.8, 4) is 5.75 Å². The van der Waals surface area contributed by atoms with Crippen LogP contribution in [0.1, 0.15) is 16.1 Å². The topological polar surface area (TPSA) is 86.9 Å². The highest BCUT2D eigenvalue weighted by atomic mass is 79.9. The maximum absolute atomic E-state index is 12.4. The molecule has 29 heavy (non-hydrogen) atoms. The van der Waals surface area contributed by atoms with Gasteiger partial charge in [0, 0.05) is 10.7 Å². The molecular formula is C20H17BrN6O2. The van der Waals surface area contributed by atoms with Gasteiger partial charge in [-0.3, -0.25) is 10.1 Å². The van der Waals surface area contributed by atoms with Crippen LogP contribution in [0.25, 0.3) is 0 Å². The van der Waals surface area contributed by atoms with E-state index in [1.165, 1.54) is 0 Å². The molecule has 0 fully saturated rings. The zero-order valence-corrected chi connectivity index (χ0v) is 16.9. The molecule has 1 N–H and O–H groups in total. The molecule has 0 radical (unpaired) electrons. The molecule has 2 aromatic carbocycles. The maximum atomic E-state index is 12.4. The number of aromatic nitrogens is 5. The largest absolute Gasteiger partial charge is 0.471 e. The number of halogens is 1. The highest BCUT2D eigenvalue weighted by Gasteiger charge is 2.12. The highest BCUT2D eigenvalue weighted by molar-refractivity contribution is 9.10. The third-order valence-corrected chi connectivity index (χ3v) is 4.53. The van der Waals surface area contributed by atoms with Crippen LogP contribution in [0.3, 0.4) is 0 Å². The van der Waals surface area contributed by atoms with Gasteiger partial charge in [-0.25, -0.2) is 14.3 Å². The molecule has 0 spiro atoms. The first kappa shape index (κ1) is 18.9. The first-order valence-corrected chi connectivity index (χ1v) is 9.61.